The largest absolute Gasteiger partial charge is 0.444 e. The molecule has 39 heavy (non-hydrogen) atoms. The SMILES string of the molecule is C=Cc1cccc(C(C(=O)Nc2c(C)cccc2C)N(CCC)C(=O)C(CC(C)C)NC(=O)OC(C)(C)C)c1. The van der Waals surface area contributed by atoms with E-state index in [9.17, 15) is 14.4 Å². The van der Waals surface area contributed by atoms with E-state index < -0.39 is 23.8 Å². The molecule has 0 spiro atoms. The van der Waals surface area contributed by atoms with Crippen LogP contribution in [-0.2, 0) is 14.3 Å². The zero-order valence-electron chi connectivity index (χ0n) is 24.8. The van der Waals surface area contributed by atoms with Gasteiger partial charge in [-0.15, -0.1) is 0 Å². The Balaban J connectivity index is 2.58. The smallest absolute Gasteiger partial charge is 0.408 e. The van der Waals surface area contributed by atoms with E-state index in [0.717, 1.165) is 22.4 Å². The Labute approximate surface area is 234 Å². The summed E-state index contributed by atoms with van der Waals surface area (Å²) in [4.78, 5) is 42.5. The third-order valence-electron chi connectivity index (χ3n) is 6.20. The number of carbonyl (C=O) groups is 3. The Morgan fingerprint density at radius 3 is 2.21 bits per heavy atom. The zero-order chi connectivity index (χ0) is 29.3. The van der Waals surface area contributed by atoms with Crippen LogP contribution in [0.3, 0.4) is 0 Å². The minimum atomic E-state index is -0.925. The van der Waals surface area contributed by atoms with Gasteiger partial charge in [0.25, 0.3) is 5.91 Å². The fourth-order valence-corrected chi connectivity index (χ4v) is 4.48. The van der Waals surface area contributed by atoms with E-state index >= 15 is 0 Å². The standard InChI is InChI=1S/C32H45N3O4/c1-10-18-35(30(37)26(19-21(3)4)33-31(38)39-32(7,8)9)28(25-17-13-16-24(11-2)20-25)29(36)34-27-22(5)14-12-15-23(27)6/h11-17,20-21,26,28H,2,10,18-19H2,1,3-9H3,(H,33,38)(H,34,36). The van der Waals surface area contributed by atoms with Gasteiger partial charge in [-0.1, -0.05) is 69.8 Å². The van der Waals surface area contributed by atoms with E-state index in [1.54, 1.807) is 31.7 Å². The number of nitrogens with one attached hydrogen (secondary N) is 2. The average molecular weight is 536 g/mol. The predicted octanol–water partition coefficient (Wildman–Crippen LogP) is 6.80. The van der Waals surface area contributed by atoms with Crippen molar-refractivity contribution >= 4 is 29.7 Å². The number of nitrogens with zero attached hydrogens (tertiary/aromatic N) is 1. The van der Waals surface area contributed by atoms with Gasteiger partial charge in [0.15, 0.2) is 0 Å². The number of ether oxygens (including phenoxy) is 1. The maximum absolute atomic E-state index is 14.2. The monoisotopic (exact) mass is 535 g/mol. The number of carbonyl (C=O) groups excluding carboxylic acids is 3. The highest BCUT2D eigenvalue weighted by atomic mass is 16.6. The number of para-hydroxylation sites is 1. The molecule has 0 fully saturated rings. The molecule has 2 unspecified atom stereocenters. The number of alkyl carbamates (subject to hydrolysis) is 1. The third kappa shape index (κ3) is 9.27. The van der Waals surface area contributed by atoms with Crippen molar-refractivity contribution in [2.24, 2.45) is 5.92 Å². The molecule has 7 heteroatoms. The van der Waals surface area contributed by atoms with Crippen LogP contribution in [0.1, 0.15) is 82.7 Å². The first-order valence-corrected chi connectivity index (χ1v) is 13.7. The number of hydrogen-bond donors (Lipinski definition) is 2. The number of aryl methyl sites for hydroxylation is 2. The molecule has 2 aromatic carbocycles. The highest BCUT2D eigenvalue weighted by molar-refractivity contribution is 6.00. The fourth-order valence-electron chi connectivity index (χ4n) is 4.48. The van der Waals surface area contributed by atoms with E-state index in [2.05, 4.69) is 17.2 Å². The van der Waals surface area contributed by atoms with Crippen molar-refractivity contribution in [2.75, 3.05) is 11.9 Å². The van der Waals surface area contributed by atoms with Gasteiger partial charge in [-0.2, -0.15) is 0 Å². The molecule has 2 atom stereocenters. The van der Waals surface area contributed by atoms with Crippen molar-refractivity contribution in [1.29, 1.82) is 0 Å². The Kier molecular flexibility index (Phi) is 11.3. The lowest BCUT2D eigenvalue weighted by atomic mass is 9.97. The van der Waals surface area contributed by atoms with Gasteiger partial charge in [0.05, 0.1) is 0 Å². The first-order chi connectivity index (χ1) is 18.3. The first kappa shape index (κ1) is 31.6. The quantitative estimate of drug-likeness (QED) is 0.331. The summed E-state index contributed by atoms with van der Waals surface area (Å²) in [6, 6.07) is 11.5. The minimum absolute atomic E-state index is 0.114. The Bertz CT molecular complexity index is 1150. The van der Waals surface area contributed by atoms with Gasteiger partial charge in [-0.25, -0.2) is 4.79 Å². The van der Waals surface area contributed by atoms with Crippen LogP contribution in [0.2, 0.25) is 0 Å². The van der Waals surface area contributed by atoms with Gasteiger partial charge < -0.3 is 20.3 Å². The maximum atomic E-state index is 14.2. The lowest BCUT2D eigenvalue weighted by Crippen LogP contribution is -2.53. The van der Waals surface area contributed by atoms with Crippen LogP contribution >= 0.6 is 0 Å². The Morgan fingerprint density at radius 1 is 1.05 bits per heavy atom. The van der Waals surface area contributed by atoms with Crippen molar-refractivity contribution in [2.45, 2.75) is 85.9 Å². The van der Waals surface area contributed by atoms with Crippen molar-refractivity contribution < 1.29 is 19.1 Å². The zero-order valence-corrected chi connectivity index (χ0v) is 24.8. The molecule has 0 heterocycles. The molecule has 0 aliphatic carbocycles. The van der Waals surface area contributed by atoms with Crippen LogP contribution in [0.25, 0.3) is 6.08 Å². The van der Waals surface area contributed by atoms with Gasteiger partial charge in [0.1, 0.15) is 17.7 Å². The molecule has 3 amide bonds. The normalized spacial score (nSPS) is 12.8. The van der Waals surface area contributed by atoms with Crippen molar-refractivity contribution in [3.63, 3.8) is 0 Å². The summed E-state index contributed by atoms with van der Waals surface area (Å²) < 4.78 is 5.46. The molecule has 2 N–H and O–H groups in total. The lowest BCUT2D eigenvalue weighted by Gasteiger charge is -2.35. The second-order valence-electron chi connectivity index (χ2n) is 11.4. The number of benzene rings is 2. The third-order valence-corrected chi connectivity index (χ3v) is 6.20. The minimum Gasteiger partial charge on any atom is -0.444 e. The number of rotatable bonds is 11. The predicted molar refractivity (Wildman–Crippen MR) is 158 cm³/mol. The summed E-state index contributed by atoms with van der Waals surface area (Å²) in [5.41, 5.74) is 3.38. The van der Waals surface area contributed by atoms with Crippen molar-refractivity contribution in [3.8, 4) is 0 Å². The summed E-state index contributed by atoms with van der Waals surface area (Å²) in [5, 5.41) is 5.87. The molecule has 0 saturated heterocycles. The van der Waals surface area contributed by atoms with Gasteiger partial charge in [-0.05, 0) is 81.7 Å². The van der Waals surface area contributed by atoms with Crippen molar-refractivity contribution in [3.05, 3.63) is 71.3 Å². The maximum Gasteiger partial charge on any atom is 0.408 e. The van der Waals surface area contributed by atoms with Crippen LogP contribution < -0.4 is 10.6 Å². The molecule has 7 nitrogen and oxygen atoms in total. The van der Waals surface area contributed by atoms with Gasteiger partial charge in [-0.3, -0.25) is 9.59 Å². The number of hydrogen-bond acceptors (Lipinski definition) is 4. The van der Waals surface area contributed by atoms with Crippen molar-refractivity contribution in [1.82, 2.24) is 10.2 Å². The average Bonchev–Trinajstić information content (AvgIpc) is 2.84. The molecule has 0 aromatic heterocycles. The van der Waals surface area contributed by atoms with Gasteiger partial charge >= 0.3 is 6.09 Å². The van der Waals surface area contributed by atoms with Crippen LogP contribution in [-0.4, -0.2) is 41.0 Å². The first-order valence-electron chi connectivity index (χ1n) is 13.7. The molecule has 2 aromatic rings. The van der Waals surface area contributed by atoms with E-state index in [1.165, 1.54) is 0 Å². The summed E-state index contributed by atoms with van der Waals surface area (Å²) in [5.74, 6) is -0.540. The summed E-state index contributed by atoms with van der Waals surface area (Å²) in [7, 11) is 0. The molecule has 0 saturated carbocycles. The van der Waals surface area contributed by atoms with Crippen LogP contribution in [0.15, 0.2) is 49.0 Å². The highest BCUT2D eigenvalue weighted by Gasteiger charge is 2.36. The van der Waals surface area contributed by atoms with Crippen LogP contribution in [0, 0.1) is 19.8 Å². The molecule has 0 bridgehead atoms. The summed E-state index contributed by atoms with van der Waals surface area (Å²) >= 11 is 0. The molecular formula is C32H45N3O4. The molecular weight excluding hydrogens is 490 g/mol. The lowest BCUT2D eigenvalue weighted by molar-refractivity contribution is -0.141. The van der Waals surface area contributed by atoms with Gasteiger partial charge in [0, 0.05) is 12.2 Å². The summed E-state index contributed by atoms with van der Waals surface area (Å²) in [6.45, 7) is 19.3. The summed E-state index contributed by atoms with van der Waals surface area (Å²) in [6.07, 6.45) is 2.07. The van der Waals surface area contributed by atoms with E-state index in [0.29, 0.717) is 24.9 Å². The fraction of sp³-hybridized carbons (Fsp3) is 0.469. The van der Waals surface area contributed by atoms with E-state index in [1.807, 2.05) is 77.1 Å². The molecule has 0 radical (unpaired) electrons. The Morgan fingerprint density at radius 2 is 1.67 bits per heavy atom. The second kappa shape index (κ2) is 14.0. The Hall–Kier alpha value is -3.61. The second-order valence-corrected chi connectivity index (χ2v) is 11.4. The van der Waals surface area contributed by atoms with Crippen LogP contribution in [0.4, 0.5) is 10.5 Å². The molecule has 0 aliphatic heterocycles. The molecule has 0 aliphatic rings. The van der Waals surface area contributed by atoms with E-state index in [-0.39, 0.29) is 17.7 Å². The number of anilines is 1. The highest BCUT2D eigenvalue weighted by Crippen LogP contribution is 2.28. The van der Waals surface area contributed by atoms with Gasteiger partial charge in [0.2, 0.25) is 5.91 Å². The molecule has 2 rings (SSSR count). The van der Waals surface area contributed by atoms with E-state index in [4.69, 9.17) is 4.74 Å². The topological polar surface area (TPSA) is 87.7 Å². The number of amides is 3. The molecule has 212 valence electrons. The van der Waals surface area contributed by atoms with Crippen LogP contribution in [0.5, 0.6) is 0 Å².